The normalized spacial score (nSPS) is 9.43. The third-order valence-corrected chi connectivity index (χ3v) is 0.442. The molecule has 3 heteroatoms. The second kappa shape index (κ2) is 3.74. The number of hydrazone groups is 1. The summed E-state index contributed by atoms with van der Waals surface area (Å²) in [5, 5.41) is 3.66. The van der Waals surface area contributed by atoms with Crippen LogP contribution < -0.4 is 5.43 Å². The van der Waals surface area contributed by atoms with Gasteiger partial charge in [0.25, 0.3) is 0 Å². The van der Waals surface area contributed by atoms with Crippen molar-refractivity contribution in [3.05, 3.63) is 0 Å². The molecule has 0 fully saturated rings. The lowest BCUT2D eigenvalue weighted by molar-refractivity contribution is 1.05. The van der Waals surface area contributed by atoms with E-state index in [9.17, 15) is 0 Å². The molecule has 0 spiro atoms. The number of thiocarbonyl (C=S) groups is 1. The molecule has 0 saturated carbocycles. The Morgan fingerprint density at radius 2 is 2.43 bits per heavy atom. The second-order valence-corrected chi connectivity index (χ2v) is 1.67. The molecule has 0 aliphatic carbocycles. The Morgan fingerprint density at radius 3 is 2.57 bits per heavy atom. The van der Waals surface area contributed by atoms with E-state index in [1.165, 1.54) is 0 Å². The second-order valence-electron chi connectivity index (χ2n) is 1.06. The van der Waals surface area contributed by atoms with Gasteiger partial charge in [-0.2, -0.15) is 5.10 Å². The highest BCUT2D eigenvalue weighted by molar-refractivity contribution is 7.80. The average Bonchev–Trinajstić information content (AvgIpc) is 1.61. The van der Waals surface area contributed by atoms with Crippen molar-refractivity contribution in [3.63, 3.8) is 0 Å². The maximum atomic E-state index is 4.64. The first-order valence-corrected chi connectivity index (χ1v) is 2.42. The van der Waals surface area contributed by atoms with Gasteiger partial charge in [0.05, 0.1) is 4.99 Å². The summed E-state index contributed by atoms with van der Waals surface area (Å²) in [5.41, 5.74) is 2.60. The van der Waals surface area contributed by atoms with Crippen LogP contribution in [0, 0.1) is 0 Å². The number of rotatable bonds is 1. The zero-order valence-corrected chi connectivity index (χ0v) is 5.25. The standard InChI is InChI=1S/C4H8N2S/c1-3-5-6-4(2)7/h3H,1-2H3,(H,6,7)/b5-3+. The van der Waals surface area contributed by atoms with Gasteiger partial charge >= 0.3 is 0 Å². The van der Waals surface area contributed by atoms with E-state index >= 15 is 0 Å². The highest BCUT2D eigenvalue weighted by Gasteiger charge is 1.72. The molecular formula is C4H8N2S. The summed E-state index contributed by atoms with van der Waals surface area (Å²) in [6.07, 6.45) is 1.65. The van der Waals surface area contributed by atoms with Gasteiger partial charge in [0.2, 0.25) is 0 Å². The Labute approximate surface area is 48.6 Å². The smallest absolute Gasteiger partial charge is 0.0930 e. The minimum atomic E-state index is 0.693. The first-order valence-electron chi connectivity index (χ1n) is 2.01. The largest absolute Gasteiger partial charge is 0.272 e. The Kier molecular flexibility index (Phi) is 3.50. The fourth-order valence-corrected chi connectivity index (χ4v) is 0.208. The molecule has 0 unspecified atom stereocenters. The van der Waals surface area contributed by atoms with Crippen molar-refractivity contribution in [1.82, 2.24) is 5.43 Å². The van der Waals surface area contributed by atoms with Gasteiger partial charge in [0.15, 0.2) is 0 Å². The molecule has 0 aliphatic rings. The quantitative estimate of drug-likeness (QED) is 0.313. The average molecular weight is 116 g/mol. The Bertz CT molecular complexity index is 87.7. The van der Waals surface area contributed by atoms with Crippen LogP contribution in [-0.4, -0.2) is 11.2 Å². The van der Waals surface area contributed by atoms with Gasteiger partial charge in [-0.3, -0.25) is 5.43 Å². The number of nitrogens with one attached hydrogen (secondary N) is 1. The highest BCUT2D eigenvalue weighted by Crippen LogP contribution is 1.63. The molecule has 1 N–H and O–H groups in total. The molecular weight excluding hydrogens is 108 g/mol. The van der Waals surface area contributed by atoms with Crippen LogP contribution in [0.15, 0.2) is 5.10 Å². The summed E-state index contributed by atoms with van der Waals surface area (Å²) in [6, 6.07) is 0. The maximum absolute atomic E-state index is 4.64. The summed E-state index contributed by atoms with van der Waals surface area (Å²) in [4.78, 5) is 0.693. The van der Waals surface area contributed by atoms with Crippen LogP contribution >= 0.6 is 12.2 Å². The van der Waals surface area contributed by atoms with E-state index in [0.29, 0.717) is 4.99 Å². The lowest BCUT2D eigenvalue weighted by Crippen LogP contribution is -2.08. The van der Waals surface area contributed by atoms with Crippen molar-refractivity contribution in [2.45, 2.75) is 13.8 Å². The third-order valence-electron chi connectivity index (χ3n) is 0.351. The van der Waals surface area contributed by atoms with Gasteiger partial charge in [0.1, 0.15) is 0 Å². The monoisotopic (exact) mass is 116 g/mol. The third kappa shape index (κ3) is 5.56. The molecule has 0 bridgehead atoms. The van der Waals surface area contributed by atoms with Crippen molar-refractivity contribution in [3.8, 4) is 0 Å². The van der Waals surface area contributed by atoms with Crippen LogP contribution in [0.5, 0.6) is 0 Å². The van der Waals surface area contributed by atoms with E-state index in [4.69, 9.17) is 0 Å². The first-order chi connectivity index (χ1) is 3.27. The van der Waals surface area contributed by atoms with E-state index in [1.54, 1.807) is 13.1 Å². The SMILES string of the molecule is C/C=N/NC(C)=S. The van der Waals surface area contributed by atoms with Crippen molar-refractivity contribution in [1.29, 1.82) is 0 Å². The van der Waals surface area contributed by atoms with Crippen LogP contribution in [-0.2, 0) is 0 Å². The number of hydrogen-bond donors (Lipinski definition) is 1. The Morgan fingerprint density at radius 1 is 1.86 bits per heavy atom. The van der Waals surface area contributed by atoms with E-state index in [2.05, 4.69) is 22.7 Å². The Hall–Kier alpha value is -0.440. The van der Waals surface area contributed by atoms with Crippen molar-refractivity contribution >= 4 is 23.4 Å². The minimum absolute atomic E-state index is 0.693. The lowest BCUT2D eigenvalue weighted by Gasteiger charge is -1.88. The van der Waals surface area contributed by atoms with Crippen molar-refractivity contribution in [2.75, 3.05) is 0 Å². The fourth-order valence-electron chi connectivity index (χ4n) is 0.155. The molecule has 0 radical (unpaired) electrons. The Balaban J connectivity index is 3.14. The molecule has 0 amide bonds. The van der Waals surface area contributed by atoms with Crippen LogP contribution in [0.25, 0.3) is 0 Å². The molecule has 0 aromatic rings. The highest BCUT2D eigenvalue weighted by atomic mass is 32.1. The van der Waals surface area contributed by atoms with Gasteiger partial charge in [-0.25, -0.2) is 0 Å². The molecule has 0 saturated heterocycles. The number of hydrogen-bond acceptors (Lipinski definition) is 2. The zero-order valence-electron chi connectivity index (χ0n) is 4.43. The van der Waals surface area contributed by atoms with Gasteiger partial charge < -0.3 is 0 Å². The van der Waals surface area contributed by atoms with Crippen molar-refractivity contribution < 1.29 is 0 Å². The molecule has 40 valence electrons. The van der Waals surface area contributed by atoms with E-state index < -0.39 is 0 Å². The van der Waals surface area contributed by atoms with Crippen LogP contribution in [0.4, 0.5) is 0 Å². The van der Waals surface area contributed by atoms with E-state index in [0.717, 1.165) is 0 Å². The van der Waals surface area contributed by atoms with Gasteiger partial charge in [-0.05, 0) is 13.8 Å². The van der Waals surface area contributed by atoms with Crippen molar-refractivity contribution in [2.24, 2.45) is 5.10 Å². The molecule has 0 rings (SSSR count). The molecule has 0 aromatic carbocycles. The molecule has 0 aromatic heterocycles. The predicted octanol–water partition coefficient (Wildman–Crippen LogP) is 0.929. The van der Waals surface area contributed by atoms with E-state index in [-0.39, 0.29) is 0 Å². The summed E-state index contributed by atoms with van der Waals surface area (Å²) in [6.45, 7) is 3.60. The zero-order chi connectivity index (χ0) is 5.70. The van der Waals surface area contributed by atoms with Gasteiger partial charge in [-0.15, -0.1) is 0 Å². The number of nitrogens with zero attached hydrogens (tertiary/aromatic N) is 1. The molecule has 0 aliphatic heterocycles. The van der Waals surface area contributed by atoms with Crippen LogP contribution in [0.3, 0.4) is 0 Å². The topological polar surface area (TPSA) is 24.4 Å². The molecule has 7 heavy (non-hydrogen) atoms. The molecule has 0 atom stereocenters. The summed E-state index contributed by atoms with van der Waals surface area (Å²) in [7, 11) is 0. The molecule has 2 nitrogen and oxygen atoms in total. The van der Waals surface area contributed by atoms with Crippen LogP contribution in [0.1, 0.15) is 13.8 Å². The summed E-state index contributed by atoms with van der Waals surface area (Å²) in [5.74, 6) is 0. The maximum Gasteiger partial charge on any atom is 0.0930 e. The van der Waals surface area contributed by atoms with Gasteiger partial charge in [0, 0.05) is 6.21 Å². The lowest BCUT2D eigenvalue weighted by atomic mass is 10.8. The predicted molar refractivity (Wildman–Crippen MR) is 35.6 cm³/mol. The fraction of sp³-hybridized carbons (Fsp3) is 0.500. The summed E-state index contributed by atoms with van der Waals surface area (Å²) >= 11 is 4.64. The first kappa shape index (κ1) is 6.56. The summed E-state index contributed by atoms with van der Waals surface area (Å²) < 4.78 is 0. The molecule has 0 heterocycles. The van der Waals surface area contributed by atoms with Gasteiger partial charge in [-0.1, -0.05) is 12.2 Å². The van der Waals surface area contributed by atoms with Crippen LogP contribution in [0.2, 0.25) is 0 Å². The minimum Gasteiger partial charge on any atom is -0.272 e. The van der Waals surface area contributed by atoms with E-state index in [1.807, 2.05) is 6.92 Å².